The number of benzene rings is 1. The monoisotopic (exact) mass is 326 g/mol. The van der Waals surface area contributed by atoms with Gasteiger partial charge < -0.3 is 20.5 Å². The Hall–Kier alpha value is -1.30. The second-order valence-electron chi connectivity index (χ2n) is 5.64. The summed E-state index contributed by atoms with van der Waals surface area (Å²) in [6, 6.07) is 7.32. The van der Waals surface area contributed by atoms with Crippen molar-refractivity contribution in [2.45, 2.75) is 43.9 Å². The number of rotatable bonds is 5. The largest absolute Gasteiger partial charge is 0.393 e. The highest BCUT2D eigenvalue weighted by molar-refractivity contribution is 6.30. The third kappa shape index (κ3) is 5.16. The van der Waals surface area contributed by atoms with Gasteiger partial charge in [-0.15, -0.1) is 0 Å². The van der Waals surface area contributed by atoms with Crippen LogP contribution in [0.1, 0.15) is 37.4 Å². The van der Waals surface area contributed by atoms with Gasteiger partial charge in [0.1, 0.15) is 0 Å². The Kier molecular flexibility index (Phi) is 6.49. The van der Waals surface area contributed by atoms with Crippen molar-refractivity contribution >= 4 is 17.6 Å². The first kappa shape index (κ1) is 17.1. The van der Waals surface area contributed by atoms with Gasteiger partial charge >= 0.3 is 6.03 Å². The van der Waals surface area contributed by atoms with E-state index >= 15 is 0 Å². The molecule has 1 saturated carbocycles. The van der Waals surface area contributed by atoms with Crippen LogP contribution in [0.25, 0.3) is 0 Å². The van der Waals surface area contributed by atoms with Crippen LogP contribution in [0, 0.1) is 0 Å². The number of urea groups is 1. The molecule has 1 aromatic rings. The summed E-state index contributed by atoms with van der Waals surface area (Å²) in [5, 5.41) is 15.9. The molecule has 0 spiro atoms. The summed E-state index contributed by atoms with van der Waals surface area (Å²) in [6.07, 6.45) is 2.70. The van der Waals surface area contributed by atoms with Crippen molar-refractivity contribution < 1.29 is 14.6 Å². The molecule has 0 saturated heterocycles. The highest BCUT2D eigenvalue weighted by Crippen LogP contribution is 2.19. The molecule has 0 aromatic heterocycles. The number of halogens is 1. The Balaban J connectivity index is 1.77. The fourth-order valence-corrected chi connectivity index (χ4v) is 2.78. The van der Waals surface area contributed by atoms with Gasteiger partial charge in [-0.25, -0.2) is 4.79 Å². The average Bonchev–Trinajstić information content (AvgIpc) is 2.52. The summed E-state index contributed by atoms with van der Waals surface area (Å²) in [6.45, 7) is 0.388. The summed E-state index contributed by atoms with van der Waals surface area (Å²) < 4.78 is 5.41. The van der Waals surface area contributed by atoms with Crippen molar-refractivity contribution in [3.05, 3.63) is 34.9 Å². The molecule has 0 radical (unpaired) electrons. The molecule has 0 aliphatic heterocycles. The average molecular weight is 327 g/mol. The van der Waals surface area contributed by atoms with Crippen molar-refractivity contribution in [2.75, 3.05) is 13.7 Å². The molecule has 0 bridgehead atoms. The summed E-state index contributed by atoms with van der Waals surface area (Å²) in [7, 11) is 1.61. The first-order valence-corrected chi connectivity index (χ1v) is 7.97. The zero-order chi connectivity index (χ0) is 15.9. The van der Waals surface area contributed by atoms with Gasteiger partial charge in [0, 0.05) is 24.7 Å². The third-order valence-corrected chi connectivity index (χ3v) is 4.26. The van der Waals surface area contributed by atoms with Gasteiger partial charge in [0.15, 0.2) is 0 Å². The van der Waals surface area contributed by atoms with Gasteiger partial charge in [-0.2, -0.15) is 0 Å². The predicted octanol–water partition coefficient (Wildman–Crippen LogP) is 2.63. The highest BCUT2D eigenvalue weighted by atomic mass is 35.5. The lowest BCUT2D eigenvalue weighted by Gasteiger charge is -2.26. The molecule has 2 rings (SSSR count). The first-order chi connectivity index (χ1) is 10.6. The lowest BCUT2D eigenvalue weighted by molar-refractivity contribution is 0.102. The Morgan fingerprint density at radius 2 is 1.95 bits per heavy atom. The SMILES string of the molecule is CO[C@H](CNC(=O)NC1CCC(O)CC1)c1ccc(Cl)cc1. The van der Waals surface area contributed by atoms with Crippen molar-refractivity contribution in [1.82, 2.24) is 10.6 Å². The fraction of sp³-hybridized carbons (Fsp3) is 0.562. The molecule has 2 amide bonds. The first-order valence-electron chi connectivity index (χ1n) is 7.59. The van der Waals surface area contributed by atoms with Crippen LogP contribution in [0.5, 0.6) is 0 Å². The van der Waals surface area contributed by atoms with Crippen LogP contribution in [0.4, 0.5) is 4.79 Å². The van der Waals surface area contributed by atoms with E-state index in [1.165, 1.54) is 0 Å². The van der Waals surface area contributed by atoms with Crippen LogP contribution < -0.4 is 10.6 Å². The minimum Gasteiger partial charge on any atom is -0.393 e. The number of carbonyl (C=O) groups is 1. The number of carbonyl (C=O) groups excluding carboxylic acids is 1. The van der Waals surface area contributed by atoms with Crippen LogP contribution in [0.2, 0.25) is 5.02 Å². The summed E-state index contributed by atoms with van der Waals surface area (Å²) in [5.41, 5.74) is 0.966. The second kappa shape index (κ2) is 8.36. The Morgan fingerprint density at radius 1 is 1.32 bits per heavy atom. The zero-order valence-corrected chi connectivity index (χ0v) is 13.5. The summed E-state index contributed by atoms with van der Waals surface area (Å²) in [5.74, 6) is 0. The van der Waals surface area contributed by atoms with E-state index in [4.69, 9.17) is 16.3 Å². The number of nitrogens with one attached hydrogen (secondary N) is 2. The summed E-state index contributed by atoms with van der Waals surface area (Å²) in [4.78, 5) is 11.9. The maximum Gasteiger partial charge on any atom is 0.315 e. The number of aliphatic hydroxyl groups is 1. The van der Waals surface area contributed by atoms with Crippen LogP contribution in [0.3, 0.4) is 0 Å². The molecule has 1 aromatic carbocycles. The molecular formula is C16H23ClN2O3. The maximum atomic E-state index is 11.9. The number of aliphatic hydroxyl groups excluding tert-OH is 1. The smallest absolute Gasteiger partial charge is 0.315 e. The Morgan fingerprint density at radius 3 is 2.55 bits per heavy atom. The van der Waals surface area contributed by atoms with E-state index in [1.54, 1.807) is 19.2 Å². The van der Waals surface area contributed by atoms with E-state index < -0.39 is 0 Å². The molecule has 3 N–H and O–H groups in total. The quantitative estimate of drug-likeness (QED) is 0.779. The lowest BCUT2D eigenvalue weighted by atomic mass is 9.93. The fourth-order valence-electron chi connectivity index (χ4n) is 2.66. The normalized spacial score (nSPS) is 22.9. The van der Waals surface area contributed by atoms with Gasteiger partial charge in [0.2, 0.25) is 0 Å². The van der Waals surface area contributed by atoms with E-state index in [0.29, 0.717) is 11.6 Å². The molecule has 1 aliphatic carbocycles. The van der Waals surface area contributed by atoms with Crippen molar-refractivity contribution in [3.8, 4) is 0 Å². The second-order valence-corrected chi connectivity index (χ2v) is 6.07. The molecule has 6 heteroatoms. The number of hydrogen-bond donors (Lipinski definition) is 3. The molecule has 1 atom stereocenters. The number of ether oxygens (including phenoxy) is 1. The molecule has 1 fully saturated rings. The van der Waals surface area contributed by atoms with Gasteiger partial charge in [-0.1, -0.05) is 23.7 Å². The molecule has 5 nitrogen and oxygen atoms in total. The van der Waals surface area contributed by atoms with Gasteiger partial charge in [0.25, 0.3) is 0 Å². The Labute approximate surface area is 136 Å². The zero-order valence-electron chi connectivity index (χ0n) is 12.7. The van der Waals surface area contributed by atoms with Gasteiger partial charge in [0.05, 0.1) is 12.2 Å². The number of hydrogen-bond acceptors (Lipinski definition) is 3. The van der Waals surface area contributed by atoms with Crippen LogP contribution in [-0.2, 0) is 4.74 Å². The van der Waals surface area contributed by atoms with E-state index in [-0.39, 0.29) is 24.3 Å². The van der Waals surface area contributed by atoms with Crippen molar-refractivity contribution in [3.63, 3.8) is 0 Å². The topological polar surface area (TPSA) is 70.6 Å². The molecule has 0 unspecified atom stereocenters. The van der Waals surface area contributed by atoms with E-state index in [0.717, 1.165) is 31.2 Å². The van der Waals surface area contributed by atoms with E-state index in [1.807, 2.05) is 12.1 Å². The maximum absolute atomic E-state index is 11.9. The molecule has 1 aliphatic rings. The lowest BCUT2D eigenvalue weighted by Crippen LogP contribution is -2.45. The van der Waals surface area contributed by atoms with Crippen LogP contribution in [-0.4, -0.2) is 36.9 Å². The minimum absolute atomic E-state index is 0.139. The van der Waals surface area contributed by atoms with E-state index in [2.05, 4.69) is 10.6 Å². The predicted molar refractivity (Wildman–Crippen MR) is 86.0 cm³/mol. The standard InChI is InChI=1S/C16H23ClN2O3/c1-22-15(11-2-4-12(17)5-3-11)10-18-16(21)19-13-6-8-14(20)9-7-13/h2-5,13-15,20H,6-10H2,1H3,(H2,18,19,21)/t13?,14?,15-/m1/s1. The molecule has 22 heavy (non-hydrogen) atoms. The van der Waals surface area contributed by atoms with Crippen LogP contribution >= 0.6 is 11.6 Å². The third-order valence-electron chi connectivity index (χ3n) is 4.01. The molecular weight excluding hydrogens is 304 g/mol. The van der Waals surface area contributed by atoms with Crippen molar-refractivity contribution in [2.24, 2.45) is 0 Å². The minimum atomic E-state index is -0.219. The number of methoxy groups -OCH3 is 1. The molecule has 0 heterocycles. The molecule has 122 valence electrons. The summed E-state index contributed by atoms with van der Waals surface area (Å²) >= 11 is 5.87. The van der Waals surface area contributed by atoms with Crippen molar-refractivity contribution in [1.29, 1.82) is 0 Å². The number of amides is 2. The van der Waals surface area contributed by atoms with Gasteiger partial charge in [-0.3, -0.25) is 0 Å². The van der Waals surface area contributed by atoms with Crippen LogP contribution in [0.15, 0.2) is 24.3 Å². The Bertz CT molecular complexity index is 473. The van der Waals surface area contributed by atoms with E-state index in [9.17, 15) is 9.90 Å². The van der Waals surface area contributed by atoms with Gasteiger partial charge in [-0.05, 0) is 43.4 Å². The highest BCUT2D eigenvalue weighted by Gasteiger charge is 2.21.